The quantitative estimate of drug-likeness (QED) is 0.172. The van der Waals surface area contributed by atoms with Gasteiger partial charge in [0.1, 0.15) is 23.7 Å². The zero-order valence-electron chi connectivity index (χ0n) is 33.0. The van der Waals surface area contributed by atoms with Gasteiger partial charge < -0.3 is 20.3 Å². The van der Waals surface area contributed by atoms with E-state index in [1.54, 1.807) is 36.5 Å². The largest absolute Gasteiger partial charge is 0.446 e. The maximum absolute atomic E-state index is 14.8. The van der Waals surface area contributed by atoms with Crippen LogP contribution in [-0.4, -0.2) is 77.2 Å². The Morgan fingerprint density at radius 3 is 2.40 bits per heavy atom. The van der Waals surface area contributed by atoms with Crippen molar-refractivity contribution in [2.45, 2.75) is 106 Å². The van der Waals surface area contributed by atoms with Crippen molar-refractivity contribution in [2.75, 3.05) is 6.54 Å². The van der Waals surface area contributed by atoms with Gasteiger partial charge in [0.05, 0.1) is 23.6 Å². The van der Waals surface area contributed by atoms with Gasteiger partial charge in [0.2, 0.25) is 21.8 Å². The van der Waals surface area contributed by atoms with E-state index < -0.39 is 69.2 Å². The van der Waals surface area contributed by atoms with Crippen molar-refractivity contribution in [3.05, 3.63) is 98.3 Å². The van der Waals surface area contributed by atoms with E-state index in [4.69, 9.17) is 4.74 Å². The Morgan fingerprint density at radius 2 is 1.67 bits per heavy atom. The number of ether oxygens (including phenoxy) is 1. The summed E-state index contributed by atoms with van der Waals surface area (Å²) in [6.45, 7) is -0.0888. The highest BCUT2D eigenvalue weighted by Gasteiger charge is 2.61. The highest BCUT2D eigenvalue weighted by Crippen LogP contribution is 2.46. The van der Waals surface area contributed by atoms with Crippen LogP contribution in [0.15, 0.2) is 87.1 Å². The molecule has 4 aliphatic rings. The summed E-state index contributed by atoms with van der Waals surface area (Å²) in [4.78, 5) is 72.7. The highest BCUT2D eigenvalue weighted by molar-refractivity contribution is 7.89. The summed E-state index contributed by atoms with van der Waals surface area (Å²) >= 11 is 2.95. The molecule has 2 aliphatic heterocycles. The first-order valence-electron chi connectivity index (χ1n) is 20.5. The van der Waals surface area contributed by atoms with Crippen LogP contribution >= 0.6 is 22.7 Å². The van der Waals surface area contributed by atoms with Crippen LogP contribution in [0, 0.1) is 5.92 Å². The standard InChI is InChI=1S/C43H48N6O8S3/c50-38-36-21-32(49-40(52)37(30-18-20-59-26-30)34(23-44-49)29-17-19-58-25-29)24-48(36)39(51)35(45-42(54)57-33-14-9-10-15-33)16-8-3-1-2-7-13-31-22-43(31,46-38)41(53)47-60(55,56)27-28-11-5-4-6-12-28/h4-7,11-13,17-20,23,25-26,31-33,35-36H,1-3,8-10,14-16,21-22,24,27H2,(H,45,54)(H,46,50)(H,47,53)/b13-7-/t31?,32-,35+,36+,43-/m1/s1. The van der Waals surface area contributed by atoms with Gasteiger partial charge in [0.15, 0.2) is 0 Å². The molecule has 3 fully saturated rings. The Morgan fingerprint density at radius 1 is 0.933 bits per heavy atom. The van der Waals surface area contributed by atoms with Gasteiger partial charge in [-0.15, -0.1) is 0 Å². The summed E-state index contributed by atoms with van der Waals surface area (Å²) in [5, 5.41) is 18.0. The summed E-state index contributed by atoms with van der Waals surface area (Å²) in [7, 11) is -4.16. The van der Waals surface area contributed by atoms with Crippen LogP contribution in [0.5, 0.6) is 0 Å². The normalized spacial score (nSPS) is 25.6. The summed E-state index contributed by atoms with van der Waals surface area (Å²) < 4.78 is 35.8. The van der Waals surface area contributed by atoms with Crippen LogP contribution < -0.4 is 20.9 Å². The van der Waals surface area contributed by atoms with E-state index in [1.165, 1.54) is 32.3 Å². The second kappa shape index (κ2) is 17.8. The predicted octanol–water partition coefficient (Wildman–Crippen LogP) is 5.92. The molecule has 2 saturated carbocycles. The molecule has 1 unspecified atom stereocenters. The van der Waals surface area contributed by atoms with Crippen molar-refractivity contribution < 1.29 is 32.3 Å². The lowest BCUT2D eigenvalue weighted by Crippen LogP contribution is -2.58. The minimum Gasteiger partial charge on any atom is -0.446 e. The van der Waals surface area contributed by atoms with Gasteiger partial charge in [-0.25, -0.2) is 17.9 Å². The second-order valence-corrected chi connectivity index (χ2v) is 19.4. The lowest BCUT2D eigenvalue weighted by Gasteiger charge is -2.30. The number of rotatable bonds is 9. The molecule has 3 aromatic heterocycles. The Labute approximate surface area is 356 Å². The molecule has 0 spiro atoms. The molecule has 8 rings (SSSR count). The first-order chi connectivity index (χ1) is 29.0. The fourth-order valence-corrected chi connectivity index (χ4v) is 11.2. The van der Waals surface area contributed by atoms with Crippen molar-refractivity contribution >= 4 is 56.5 Å². The number of hydrogen-bond acceptors (Lipinski definition) is 11. The predicted molar refractivity (Wildman–Crippen MR) is 228 cm³/mol. The van der Waals surface area contributed by atoms with Crippen LogP contribution in [0.25, 0.3) is 22.3 Å². The number of aromatic nitrogens is 2. The second-order valence-electron chi connectivity index (χ2n) is 16.1. The summed E-state index contributed by atoms with van der Waals surface area (Å²) in [6.07, 6.45) is 11.1. The number of benzene rings is 1. The lowest BCUT2D eigenvalue weighted by atomic mass is 10.0. The van der Waals surface area contributed by atoms with E-state index in [-0.39, 0.29) is 31.0 Å². The fraction of sp³-hybridized carbons (Fsp3) is 0.442. The third-order valence-electron chi connectivity index (χ3n) is 12.0. The Bertz CT molecular complexity index is 2400. The SMILES string of the molecule is O=C(N[C@H]1CCCCC/C=C\C2C[C@@]2(C(=O)NS(=O)(=O)Cc2ccccc2)NC(=O)[C@@H]2C[C@@H](n3ncc(-c4ccsc4)c(-c4ccsc4)c3=O)CN2C1=O)OC1CCCC1. The van der Waals surface area contributed by atoms with E-state index in [0.29, 0.717) is 36.0 Å². The molecule has 5 atom stereocenters. The van der Waals surface area contributed by atoms with Gasteiger partial charge in [-0.3, -0.25) is 23.9 Å². The molecular formula is C43H48N6O8S3. The molecule has 17 heteroatoms. The molecule has 316 valence electrons. The average molecular weight is 873 g/mol. The molecule has 2 aliphatic carbocycles. The van der Waals surface area contributed by atoms with Crippen LogP contribution in [-0.2, 0) is 34.9 Å². The summed E-state index contributed by atoms with van der Waals surface area (Å²) in [5.74, 6) is -3.00. The number of carbonyl (C=O) groups is 4. The number of hydrogen-bond donors (Lipinski definition) is 3. The monoisotopic (exact) mass is 872 g/mol. The number of amides is 4. The maximum atomic E-state index is 14.8. The first-order valence-corrected chi connectivity index (χ1v) is 24.1. The molecule has 5 heterocycles. The lowest BCUT2D eigenvalue weighted by molar-refractivity contribution is -0.141. The zero-order valence-corrected chi connectivity index (χ0v) is 35.4. The molecule has 60 heavy (non-hydrogen) atoms. The van der Waals surface area contributed by atoms with E-state index >= 15 is 0 Å². The van der Waals surface area contributed by atoms with Crippen LogP contribution in [0.2, 0.25) is 0 Å². The molecule has 3 N–H and O–H groups in total. The number of nitrogens with zero attached hydrogens (tertiary/aromatic N) is 3. The maximum Gasteiger partial charge on any atom is 0.408 e. The van der Waals surface area contributed by atoms with Crippen molar-refractivity contribution in [1.29, 1.82) is 0 Å². The molecule has 4 aromatic rings. The van der Waals surface area contributed by atoms with Crippen LogP contribution in [0.3, 0.4) is 0 Å². The van der Waals surface area contributed by atoms with Gasteiger partial charge in [-0.1, -0.05) is 55.3 Å². The number of thiophene rings is 2. The van der Waals surface area contributed by atoms with E-state index in [2.05, 4.69) is 20.5 Å². The average Bonchev–Trinajstić information content (AvgIpc) is 3.92. The third-order valence-corrected chi connectivity index (χ3v) is 14.5. The number of carbonyl (C=O) groups excluding carboxylic acids is 4. The van der Waals surface area contributed by atoms with E-state index in [0.717, 1.165) is 49.7 Å². The third kappa shape index (κ3) is 9.12. The topological polar surface area (TPSA) is 186 Å². The summed E-state index contributed by atoms with van der Waals surface area (Å²) in [6, 6.07) is 9.26. The van der Waals surface area contributed by atoms with Gasteiger partial charge in [-0.2, -0.15) is 27.8 Å². The molecule has 0 bridgehead atoms. The highest BCUT2D eigenvalue weighted by atomic mass is 32.2. The Kier molecular flexibility index (Phi) is 12.4. The van der Waals surface area contributed by atoms with Gasteiger partial charge in [0.25, 0.3) is 11.5 Å². The number of nitrogens with one attached hydrogen (secondary N) is 3. The molecule has 0 radical (unpaired) electrons. The van der Waals surface area contributed by atoms with Crippen molar-refractivity contribution in [2.24, 2.45) is 5.92 Å². The van der Waals surface area contributed by atoms with Gasteiger partial charge in [-0.05, 0) is 102 Å². The molecule has 1 saturated heterocycles. The summed E-state index contributed by atoms with van der Waals surface area (Å²) in [5.41, 5.74) is 1.16. The smallest absolute Gasteiger partial charge is 0.408 e. The van der Waals surface area contributed by atoms with Crippen LogP contribution in [0.4, 0.5) is 4.79 Å². The minimum absolute atomic E-state index is 0.0326. The number of alkyl carbamates (subject to hydrolysis) is 1. The molecule has 4 amide bonds. The number of allylic oxidation sites excluding steroid dienone is 1. The number of fused-ring (bicyclic) bond motifs is 2. The molecule has 14 nitrogen and oxygen atoms in total. The minimum atomic E-state index is -4.16. The van der Waals surface area contributed by atoms with E-state index in [1.807, 2.05) is 45.8 Å². The van der Waals surface area contributed by atoms with Gasteiger partial charge in [0, 0.05) is 24.4 Å². The number of sulfonamides is 1. The zero-order chi connectivity index (χ0) is 41.9. The van der Waals surface area contributed by atoms with Crippen molar-refractivity contribution in [3.63, 3.8) is 0 Å². The van der Waals surface area contributed by atoms with Crippen molar-refractivity contribution in [3.8, 4) is 22.3 Å². The van der Waals surface area contributed by atoms with Gasteiger partial charge >= 0.3 is 6.09 Å². The van der Waals surface area contributed by atoms with Crippen LogP contribution in [0.1, 0.15) is 82.2 Å². The molecular weight excluding hydrogens is 825 g/mol. The van der Waals surface area contributed by atoms with E-state index in [9.17, 15) is 32.4 Å². The Hall–Kier alpha value is -5.13. The molecule has 1 aromatic carbocycles. The van der Waals surface area contributed by atoms with Crippen molar-refractivity contribution in [1.82, 2.24) is 30.0 Å². The fourth-order valence-electron chi connectivity index (χ4n) is 8.72. The first kappa shape index (κ1) is 41.6. The Balaban J connectivity index is 1.13.